The lowest BCUT2D eigenvalue weighted by atomic mass is 9.94. The molecule has 1 aromatic heterocycles. The third-order valence-corrected chi connectivity index (χ3v) is 7.84. The molecular weight excluding hydrogens is 557 g/mol. The molecular formula is C31H28N3O7P. The second kappa shape index (κ2) is 12.7. The van der Waals surface area contributed by atoms with Gasteiger partial charge in [0.25, 0.3) is 0 Å². The minimum atomic E-state index is -4.24. The van der Waals surface area contributed by atoms with E-state index in [1.165, 1.54) is 12.1 Å². The molecule has 1 atom stereocenters. The molecule has 0 amide bonds. The lowest BCUT2D eigenvalue weighted by Gasteiger charge is -2.35. The Morgan fingerprint density at radius 1 is 1.00 bits per heavy atom. The van der Waals surface area contributed by atoms with Gasteiger partial charge in [-0.2, -0.15) is 0 Å². The zero-order chi connectivity index (χ0) is 29.5. The molecule has 10 nitrogen and oxygen atoms in total. The van der Waals surface area contributed by atoms with Crippen molar-refractivity contribution in [3.63, 3.8) is 0 Å². The zero-order valence-electron chi connectivity index (χ0n) is 22.5. The molecule has 0 fully saturated rings. The van der Waals surface area contributed by atoms with E-state index in [-0.39, 0.29) is 25.5 Å². The van der Waals surface area contributed by atoms with Gasteiger partial charge in [-0.25, -0.2) is 4.57 Å². The molecule has 0 spiro atoms. The smallest absolute Gasteiger partial charge is 0.404 e. The maximum absolute atomic E-state index is 14.4. The molecule has 0 saturated carbocycles. The number of amidine groups is 1. The highest BCUT2D eigenvalue weighted by atomic mass is 31.2. The van der Waals surface area contributed by atoms with Crippen LogP contribution in [-0.2, 0) is 17.7 Å². The Kier molecular flexibility index (Phi) is 8.66. The number of hydrogen-bond acceptors (Lipinski definition) is 7. The van der Waals surface area contributed by atoms with E-state index in [1.54, 1.807) is 71.6 Å². The molecule has 11 heteroatoms. The summed E-state index contributed by atoms with van der Waals surface area (Å²) in [6, 6.07) is 27.0. The molecule has 1 unspecified atom stereocenters. The van der Waals surface area contributed by atoms with E-state index in [1.807, 2.05) is 30.3 Å². The van der Waals surface area contributed by atoms with Crippen molar-refractivity contribution in [2.45, 2.75) is 25.6 Å². The maximum Gasteiger partial charge on any atom is 0.564 e. The van der Waals surface area contributed by atoms with Crippen LogP contribution >= 0.6 is 7.75 Å². The summed E-state index contributed by atoms with van der Waals surface area (Å²) in [4.78, 5) is 12.4. The molecule has 0 aliphatic carbocycles. The lowest BCUT2D eigenvalue weighted by Crippen LogP contribution is -2.40. The number of aliphatic hydroxyl groups excluding tert-OH is 1. The summed E-state index contributed by atoms with van der Waals surface area (Å²) in [5.74, 6) is 0.883. The number of hydrogen-bond donors (Lipinski definition) is 1. The summed E-state index contributed by atoms with van der Waals surface area (Å²) in [5, 5.41) is 20.7. The Morgan fingerprint density at radius 2 is 1.62 bits per heavy atom. The van der Waals surface area contributed by atoms with E-state index < -0.39 is 18.7 Å². The van der Waals surface area contributed by atoms with Crippen LogP contribution in [0.5, 0.6) is 11.5 Å². The SMILES string of the molecule is C=CC1C=C(c2ccc(CO)cc2)C/C(=N/P(=O)(Oc2ccccc2)Oc2ccccc2)N1Cc1ccc([N+](=O)[O-])o1. The highest BCUT2D eigenvalue weighted by Crippen LogP contribution is 2.51. The van der Waals surface area contributed by atoms with E-state index in [4.69, 9.17) is 13.5 Å². The fraction of sp³-hybridized carbons (Fsp3) is 0.129. The monoisotopic (exact) mass is 585 g/mol. The zero-order valence-corrected chi connectivity index (χ0v) is 23.4. The average Bonchev–Trinajstić information content (AvgIpc) is 3.48. The molecule has 1 aliphatic heterocycles. The van der Waals surface area contributed by atoms with Crippen molar-refractivity contribution in [3.05, 3.63) is 143 Å². The minimum Gasteiger partial charge on any atom is -0.404 e. The number of furan rings is 1. The first-order chi connectivity index (χ1) is 20.4. The number of rotatable bonds is 11. The maximum atomic E-state index is 14.4. The van der Waals surface area contributed by atoms with Gasteiger partial charge in [0.15, 0.2) is 0 Å². The van der Waals surface area contributed by atoms with Crippen LogP contribution < -0.4 is 9.05 Å². The predicted octanol–water partition coefficient (Wildman–Crippen LogP) is 7.19. The van der Waals surface area contributed by atoms with Crippen LogP contribution in [0.25, 0.3) is 5.57 Å². The summed E-state index contributed by atoms with van der Waals surface area (Å²) >= 11 is 0. The fourth-order valence-corrected chi connectivity index (χ4v) is 5.82. The Morgan fingerprint density at radius 3 is 2.14 bits per heavy atom. The van der Waals surface area contributed by atoms with Crippen molar-refractivity contribution in [2.24, 2.45) is 4.76 Å². The Labute approximate surface area is 242 Å². The van der Waals surface area contributed by atoms with Crippen LogP contribution in [0.1, 0.15) is 23.3 Å². The van der Waals surface area contributed by atoms with Gasteiger partial charge in [0.05, 0.1) is 25.3 Å². The Hall–Kier alpha value is -4.92. The number of nitrogens with zero attached hydrogens (tertiary/aromatic N) is 3. The quantitative estimate of drug-likeness (QED) is 0.0848. The molecule has 42 heavy (non-hydrogen) atoms. The van der Waals surface area contributed by atoms with Crippen molar-refractivity contribution in [2.75, 3.05) is 0 Å². The third-order valence-electron chi connectivity index (χ3n) is 6.48. The van der Waals surface area contributed by atoms with Crippen molar-refractivity contribution < 1.29 is 28.1 Å². The van der Waals surface area contributed by atoms with Crippen LogP contribution in [0.3, 0.4) is 0 Å². The van der Waals surface area contributed by atoms with Gasteiger partial charge in [-0.1, -0.05) is 72.8 Å². The number of nitro groups is 1. The number of aliphatic hydroxyl groups is 1. The van der Waals surface area contributed by atoms with E-state index in [2.05, 4.69) is 11.3 Å². The fourth-order valence-electron chi connectivity index (χ4n) is 4.45. The summed E-state index contributed by atoms with van der Waals surface area (Å²) < 4.78 is 36.3. The molecule has 3 aromatic carbocycles. The summed E-state index contributed by atoms with van der Waals surface area (Å²) in [7, 11) is -4.24. The number of para-hydroxylation sites is 2. The molecule has 0 bridgehead atoms. The molecule has 214 valence electrons. The van der Waals surface area contributed by atoms with E-state index in [9.17, 15) is 19.8 Å². The summed E-state index contributed by atoms with van der Waals surface area (Å²) in [5.41, 5.74) is 2.51. The van der Waals surface area contributed by atoms with Gasteiger partial charge in [0.1, 0.15) is 28.0 Å². The van der Waals surface area contributed by atoms with Crippen LogP contribution in [-0.4, -0.2) is 26.8 Å². The molecule has 1 aliphatic rings. The molecule has 5 rings (SSSR count). The largest absolute Gasteiger partial charge is 0.564 e. The first-order valence-electron chi connectivity index (χ1n) is 13.1. The second-order valence-corrected chi connectivity index (χ2v) is 10.9. The minimum absolute atomic E-state index is 0.0767. The third kappa shape index (κ3) is 6.86. The van der Waals surface area contributed by atoms with E-state index >= 15 is 0 Å². The van der Waals surface area contributed by atoms with Gasteiger partial charge < -0.3 is 23.5 Å². The van der Waals surface area contributed by atoms with Crippen molar-refractivity contribution in [3.8, 4) is 11.5 Å². The second-order valence-electron chi connectivity index (χ2n) is 9.37. The van der Waals surface area contributed by atoms with Gasteiger partial charge in [0, 0.05) is 6.42 Å². The van der Waals surface area contributed by atoms with Gasteiger partial charge in [-0.3, -0.25) is 10.1 Å². The molecule has 1 N–H and O–H groups in total. The van der Waals surface area contributed by atoms with Crippen molar-refractivity contribution in [1.29, 1.82) is 0 Å². The van der Waals surface area contributed by atoms with Crippen LogP contribution in [0.15, 0.2) is 125 Å². The standard InChI is InChI=1S/C31H28N3O7P/c1-2-26-19-25(24-15-13-23(22-35)14-16-24)20-30(33(26)21-29-17-18-31(39-29)34(36)37)32-42(38,40-27-9-5-3-6-10-27)41-28-11-7-4-8-12-28/h2-19,26,35H,1,20-22H2/b32-30-. The van der Waals surface area contributed by atoms with Gasteiger partial charge in [-0.15, -0.1) is 11.3 Å². The Bertz CT molecular complexity index is 1610. The molecule has 2 heterocycles. The highest BCUT2D eigenvalue weighted by Gasteiger charge is 2.34. The number of benzene rings is 3. The van der Waals surface area contributed by atoms with Crippen molar-refractivity contribution in [1.82, 2.24) is 4.90 Å². The average molecular weight is 586 g/mol. The van der Waals surface area contributed by atoms with Gasteiger partial charge >= 0.3 is 13.6 Å². The molecule has 4 aromatic rings. The van der Waals surface area contributed by atoms with Crippen LogP contribution in [0, 0.1) is 10.1 Å². The highest BCUT2D eigenvalue weighted by molar-refractivity contribution is 7.53. The van der Waals surface area contributed by atoms with Gasteiger partial charge in [0.2, 0.25) is 0 Å². The van der Waals surface area contributed by atoms with E-state index in [0.29, 0.717) is 23.1 Å². The first kappa shape index (κ1) is 28.6. The van der Waals surface area contributed by atoms with E-state index in [0.717, 1.165) is 16.7 Å². The van der Waals surface area contributed by atoms with Crippen molar-refractivity contribution >= 4 is 25.0 Å². The Balaban J connectivity index is 1.59. The first-order valence-corrected chi connectivity index (χ1v) is 14.6. The molecule has 0 saturated heterocycles. The topological polar surface area (TPSA) is 128 Å². The molecule has 0 radical (unpaired) electrons. The van der Waals surface area contributed by atoms with Gasteiger partial charge in [-0.05, 0) is 47.0 Å². The predicted molar refractivity (Wildman–Crippen MR) is 159 cm³/mol. The summed E-state index contributed by atoms with van der Waals surface area (Å²) in [6.07, 6.45) is 3.90. The lowest BCUT2D eigenvalue weighted by molar-refractivity contribution is -0.402. The van der Waals surface area contributed by atoms with Crippen LogP contribution in [0.2, 0.25) is 0 Å². The normalized spacial score (nSPS) is 16.1. The summed E-state index contributed by atoms with van der Waals surface area (Å²) in [6.45, 7) is 3.98. The van der Waals surface area contributed by atoms with Crippen LogP contribution in [0.4, 0.5) is 5.88 Å².